The lowest BCUT2D eigenvalue weighted by atomic mass is 10.2. The van der Waals surface area contributed by atoms with Gasteiger partial charge in [-0.05, 0) is 41.1 Å². The molecule has 2 N–H and O–H groups in total. The summed E-state index contributed by atoms with van der Waals surface area (Å²) in [6.45, 7) is 5.67. The molecule has 1 aromatic carbocycles. The maximum Gasteiger partial charge on any atom is 0.241 e. The summed E-state index contributed by atoms with van der Waals surface area (Å²) in [7, 11) is 0. The Morgan fingerprint density at radius 1 is 1.29 bits per heavy atom. The fourth-order valence-electron chi connectivity index (χ4n) is 2.06. The molecule has 1 saturated heterocycles. The Morgan fingerprint density at radius 3 is 2.48 bits per heavy atom. The molecule has 4 nitrogen and oxygen atoms in total. The molecule has 21 heavy (non-hydrogen) atoms. The molecule has 1 heterocycles. The number of halogens is 4. The van der Waals surface area contributed by atoms with Crippen molar-refractivity contribution in [2.75, 3.05) is 31.5 Å². The van der Waals surface area contributed by atoms with Gasteiger partial charge in [0.05, 0.1) is 11.7 Å². The van der Waals surface area contributed by atoms with E-state index in [1.165, 1.54) is 0 Å². The van der Waals surface area contributed by atoms with Crippen LogP contribution < -0.4 is 10.6 Å². The number of hydrogen-bond donors (Lipinski definition) is 2. The summed E-state index contributed by atoms with van der Waals surface area (Å²) in [6.07, 6.45) is 0. The van der Waals surface area contributed by atoms with Crippen LogP contribution in [0.5, 0.6) is 0 Å². The van der Waals surface area contributed by atoms with Crippen LogP contribution in [0.3, 0.4) is 0 Å². The van der Waals surface area contributed by atoms with E-state index in [0.717, 1.165) is 40.8 Å². The monoisotopic (exact) mass is 461 g/mol. The zero-order chi connectivity index (χ0) is 13.8. The standard InChI is InChI=1S/C13H17Br2N3O.2ClH/c1-9(18-6-4-16-5-7-18)13(19)17-12-3-2-10(14)8-11(12)15;;/h2-3,8-9,16H,4-7H2,1H3,(H,17,19);2*1H. The summed E-state index contributed by atoms with van der Waals surface area (Å²) >= 11 is 6.85. The van der Waals surface area contributed by atoms with Crippen LogP contribution in [0.1, 0.15) is 6.92 Å². The Morgan fingerprint density at radius 2 is 1.90 bits per heavy atom. The van der Waals surface area contributed by atoms with Crippen molar-refractivity contribution in [3.63, 3.8) is 0 Å². The highest BCUT2D eigenvalue weighted by Gasteiger charge is 2.23. The lowest BCUT2D eigenvalue weighted by molar-refractivity contribution is -0.120. The quantitative estimate of drug-likeness (QED) is 0.723. The van der Waals surface area contributed by atoms with Gasteiger partial charge in [-0.3, -0.25) is 9.69 Å². The van der Waals surface area contributed by atoms with Crippen LogP contribution in [0.2, 0.25) is 0 Å². The van der Waals surface area contributed by atoms with Gasteiger partial charge in [-0.25, -0.2) is 0 Å². The lowest BCUT2D eigenvalue weighted by Gasteiger charge is -2.31. The summed E-state index contributed by atoms with van der Waals surface area (Å²) in [5.74, 6) is 0.0323. The van der Waals surface area contributed by atoms with Crippen molar-refractivity contribution in [3.05, 3.63) is 27.1 Å². The average molecular weight is 464 g/mol. The van der Waals surface area contributed by atoms with E-state index in [1.54, 1.807) is 0 Å². The van der Waals surface area contributed by atoms with Crippen molar-refractivity contribution in [2.24, 2.45) is 0 Å². The van der Waals surface area contributed by atoms with Crippen LogP contribution in [0.15, 0.2) is 27.1 Å². The number of rotatable bonds is 3. The number of benzene rings is 1. The normalized spacial score (nSPS) is 16.3. The summed E-state index contributed by atoms with van der Waals surface area (Å²) in [5.41, 5.74) is 0.801. The predicted molar refractivity (Wildman–Crippen MR) is 98.9 cm³/mol. The highest BCUT2D eigenvalue weighted by Crippen LogP contribution is 2.26. The van der Waals surface area contributed by atoms with E-state index in [4.69, 9.17) is 0 Å². The Labute approximate surface area is 154 Å². The molecule has 1 atom stereocenters. The molecule has 0 saturated carbocycles. The zero-order valence-corrected chi connectivity index (χ0v) is 16.4. The molecule has 1 fully saturated rings. The average Bonchev–Trinajstić information content (AvgIpc) is 2.42. The molecule has 8 heteroatoms. The number of nitrogens with one attached hydrogen (secondary N) is 2. The molecule has 1 unspecified atom stereocenters. The maximum absolute atomic E-state index is 12.2. The number of hydrogen-bond acceptors (Lipinski definition) is 3. The van der Waals surface area contributed by atoms with E-state index in [1.807, 2.05) is 25.1 Å². The number of anilines is 1. The van der Waals surface area contributed by atoms with Crippen LogP contribution in [0.4, 0.5) is 5.69 Å². The Balaban J connectivity index is 0.00000200. The third-order valence-electron chi connectivity index (χ3n) is 3.27. The lowest BCUT2D eigenvalue weighted by Crippen LogP contribution is -2.51. The van der Waals surface area contributed by atoms with Gasteiger partial charge >= 0.3 is 0 Å². The Bertz CT molecular complexity index is 471. The van der Waals surface area contributed by atoms with E-state index in [-0.39, 0.29) is 36.8 Å². The first kappa shape index (κ1) is 21.1. The first-order valence-corrected chi connectivity index (χ1v) is 7.87. The minimum absolute atomic E-state index is 0. The van der Waals surface area contributed by atoms with Crippen molar-refractivity contribution in [3.8, 4) is 0 Å². The minimum atomic E-state index is -0.113. The molecule has 120 valence electrons. The van der Waals surface area contributed by atoms with Gasteiger partial charge in [0.1, 0.15) is 0 Å². The molecule has 1 aliphatic heterocycles. The number of carbonyl (C=O) groups excluding carboxylic acids is 1. The highest BCUT2D eigenvalue weighted by molar-refractivity contribution is 9.11. The molecular weight excluding hydrogens is 445 g/mol. The topological polar surface area (TPSA) is 44.4 Å². The molecule has 1 amide bonds. The van der Waals surface area contributed by atoms with Crippen molar-refractivity contribution in [2.45, 2.75) is 13.0 Å². The molecule has 0 aliphatic carbocycles. The molecule has 1 aliphatic rings. The van der Waals surface area contributed by atoms with Crippen molar-refractivity contribution < 1.29 is 4.79 Å². The largest absolute Gasteiger partial charge is 0.324 e. The summed E-state index contributed by atoms with van der Waals surface area (Å²) in [5, 5.41) is 6.25. The number of amides is 1. The Hall–Kier alpha value is 0.150. The first-order valence-electron chi connectivity index (χ1n) is 6.28. The van der Waals surface area contributed by atoms with Crippen LogP contribution in [0.25, 0.3) is 0 Å². The number of nitrogens with zero attached hydrogens (tertiary/aromatic N) is 1. The van der Waals surface area contributed by atoms with Crippen LogP contribution in [-0.2, 0) is 4.79 Å². The zero-order valence-electron chi connectivity index (χ0n) is 11.6. The molecule has 0 spiro atoms. The third kappa shape index (κ3) is 6.04. The van der Waals surface area contributed by atoms with Crippen LogP contribution in [0, 0.1) is 0 Å². The third-order valence-corrected chi connectivity index (χ3v) is 4.42. The van der Waals surface area contributed by atoms with E-state index in [2.05, 4.69) is 47.4 Å². The van der Waals surface area contributed by atoms with Gasteiger partial charge in [-0.2, -0.15) is 0 Å². The molecule has 0 radical (unpaired) electrons. The molecular formula is C13H19Br2Cl2N3O. The Kier molecular flexibility index (Phi) is 10.1. The minimum Gasteiger partial charge on any atom is -0.324 e. The summed E-state index contributed by atoms with van der Waals surface area (Å²) in [4.78, 5) is 14.4. The molecule has 1 aromatic rings. The van der Waals surface area contributed by atoms with Crippen LogP contribution >= 0.6 is 56.7 Å². The smallest absolute Gasteiger partial charge is 0.241 e. The molecule has 0 aromatic heterocycles. The number of carbonyl (C=O) groups is 1. The fourth-order valence-corrected chi connectivity index (χ4v) is 3.21. The fraction of sp³-hybridized carbons (Fsp3) is 0.462. The van der Waals surface area contributed by atoms with Gasteiger partial charge in [0.2, 0.25) is 5.91 Å². The predicted octanol–water partition coefficient (Wildman–Crippen LogP) is 3.29. The van der Waals surface area contributed by atoms with Gasteiger partial charge in [0.25, 0.3) is 0 Å². The summed E-state index contributed by atoms with van der Waals surface area (Å²) in [6, 6.07) is 5.61. The van der Waals surface area contributed by atoms with Gasteiger partial charge in [-0.1, -0.05) is 15.9 Å². The summed E-state index contributed by atoms with van der Waals surface area (Å²) < 4.78 is 1.86. The van der Waals surface area contributed by atoms with Gasteiger partial charge < -0.3 is 10.6 Å². The van der Waals surface area contributed by atoms with Crippen LogP contribution in [-0.4, -0.2) is 43.0 Å². The van der Waals surface area contributed by atoms with Gasteiger partial charge in [0, 0.05) is 35.1 Å². The molecule has 0 bridgehead atoms. The maximum atomic E-state index is 12.2. The van der Waals surface area contributed by atoms with E-state index in [9.17, 15) is 4.79 Å². The SMILES string of the molecule is CC(C(=O)Nc1ccc(Br)cc1Br)N1CCNCC1.Cl.Cl. The number of piperazine rings is 1. The van der Waals surface area contributed by atoms with Crippen molar-refractivity contribution in [1.29, 1.82) is 0 Å². The second kappa shape index (κ2) is 10.0. The van der Waals surface area contributed by atoms with E-state index in [0.29, 0.717) is 0 Å². The van der Waals surface area contributed by atoms with E-state index < -0.39 is 0 Å². The van der Waals surface area contributed by atoms with Gasteiger partial charge in [-0.15, -0.1) is 24.8 Å². The second-order valence-electron chi connectivity index (χ2n) is 4.58. The van der Waals surface area contributed by atoms with E-state index >= 15 is 0 Å². The highest BCUT2D eigenvalue weighted by atomic mass is 79.9. The van der Waals surface area contributed by atoms with Gasteiger partial charge in [0.15, 0.2) is 0 Å². The second-order valence-corrected chi connectivity index (χ2v) is 6.35. The van der Waals surface area contributed by atoms with Crippen molar-refractivity contribution in [1.82, 2.24) is 10.2 Å². The van der Waals surface area contributed by atoms with Crippen molar-refractivity contribution >= 4 is 68.3 Å². The first-order chi connectivity index (χ1) is 9.08. The molecule has 2 rings (SSSR count).